The fourth-order valence-corrected chi connectivity index (χ4v) is 5.93. The maximum atomic E-state index is 14.0. The van der Waals surface area contributed by atoms with Gasteiger partial charge in [-0.25, -0.2) is 8.42 Å². The number of sulfonamides is 1. The van der Waals surface area contributed by atoms with E-state index in [1.165, 1.54) is 61.6 Å². The smallest absolute Gasteiger partial charge is 0.264 e. The van der Waals surface area contributed by atoms with E-state index < -0.39 is 28.5 Å². The van der Waals surface area contributed by atoms with E-state index in [9.17, 15) is 18.0 Å². The standard InChI is InChI=1S/C29H32Cl3N3O6S/c1-5-14-33-29(37)19(2)34(17-20-6-12-24(31)25(32)15-20)28(36)18-35(22-9-7-21(30)8-10-22)42(38,39)23-11-13-26(40-3)27(16-23)41-4/h6-13,15-16,19H,5,14,17-18H2,1-4H3,(H,33,37). The monoisotopic (exact) mass is 655 g/mol. The Kier molecular flexibility index (Phi) is 11.8. The molecule has 0 aliphatic heterocycles. The largest absolute Gasteiger partial charge is 0.493 e. The minimum Gasteiger partial charge on any atom is -0.493 e. The molecule has 226 valence electrons. The molecule has 13 heteroatoms. The van der Waals surface area contributed by atoms with E-state index in [0.29, 0.717) is 34.3 Å². The molecule has 0 aliphatic rings. The van der Waals surface area contributed by atoms with Crippen LogP contribution in [0.15, 0.2) is 65.6 Å². The summed E-state index contributed by atoms with van der Waals surface area (Å²) in [6, 6.07) is 14.1. The number of hydrogen-bond donors (Lipinski definition) is 1. The van der Waals surface area contributed by atoms with E-state index in [2.05, 4.69) is 5.32 Å². The quantitative estimate of drug-likeness (QED) is 0.249. The Labute approximate surface area is 261 Å². The summed E-state index contributed by atoms with van der Waals surface area (Å²) >= 11 is 18.3. The zero-order valence-electron chi connectivity index (χ0n) is 23.6. The van der Waals surface area contributed by atoms with Crippen LogP contribution in [0.1, 0.15) is 25.8 Å². The van der Waals surface area contributed by atoms with E-state index in [1.54, 1.807) is 25.1 Å². The van der Waals surface area contributed by atoms with Gasteiger partial charge in [-0.2, -0.15) is 0 Å². The number of methoxy groups -OCH3 is 2. The SMILES string of the molecule is CCCNC(=O)C(C)N(Cc1ccc(Cl)c(Cl)c1)C(=O)CN(c1ccc(Cl)cc1)S(=O)(=O)c1ccc(OC)c(OC)c1. The molecule has 3 rings (SSSR count). The van der Waals surface area contributed by atoms with Crippen molar-refractivity contribution >= 4 is 62.3 Å². The average Bonchev–Trinajstić information content (AvgIpc) is 2.98. The highest BCUT2D eigenvalue weighted by Gasteiger charge is 2.33. The molecule has 1 atom stereocenters. The summed E-state index contributed by atoms with van der Waals surface area (Å²) in [5.41, 5.74) is 0.800. The van der Waals surface area contributed by atoms with Gasteiger partial charge in [0.05, 0.1) is 34.8 Å². The minimum atomic E-state index is -4.33. The Hall–Kier alpha value is -3.18. The van der Waals surface area contributed by atoms with Crippen LogP contribution in [-0.2, 0) is 26.2 Å². The lowest BCUT2D eigenvalue weighted by atomic mass is 10.1. The molecule has 1 unspecified atom stereocenters. The third-order valence-electron chi connectivity index (χ3n) is 6.39. The minimum absolute atomic E-state index is 0.0265. The molecule has 0 heterocycles. The first-order valence-electron chi connectivity index (χ1n) is 12.9. The Balaban J connectivity index is 2.07. The predicted molar refractivity (Wildman–Crippen MR) is 165 cm³/mol. The summed E-state index contributed by atoms with van der Waals surface area (Å²) in [6.07, 6.45) is 0.701. The summed E-state index contributed by atoms with van der Waals surface area (Å²) in [4.78, 5) is 28.1. The molecule has 0 spiro atoms. The van der Waals surface area contributed by atoms with Gasteiger partial charge in [0.2, 0.25) is 11.8 Å². The van der Waals surface area contributed by atoms with Crippen LogP contribution in [0.4, 0.5) is 5.69 Å². The molecule has 42 heavy (non-hydrogen) atoms. The highest BCUT2D eigenvalue weighted by atomic mass is 35.5. The van der Waals surface area contributed by atoms with E-state index >= 15 is 0 Å². The lowest BCUT2D eigenvalue weighted by Crippen LogP contribution is -2.51. The summed E-state index contributed by atoms with van der Waals surface area (Å²) in [7, 11) is -1.51. The Morgan fingerprint density at radius 1 is 0.905 bits per heavy atom. The number of hydrogen-bond acceptors (Lipinski definition) is 6. The molecule has 0 fully saturated rings. The van der Waals surface area contributed by atoms with Crippen LogP contribution < -0.4 is 19.1 Å². The highest BCUT2D eigenvalue weighted by molar-refractivity contribution is 7.92. The van der Waals surface area contributed by atoms with Gasteiger partial charge in [0.15, 0.2) is 11.5 Å². The van der Waals surface area contributed by atoms with Crippen molar-refractivity contribution in [3.63, 3.8) is 0 Å². The van der Waals surface area contributed by atoms with Crippen LogP contribution in [0.2, 0.25) is 15.1 Å². The molecule has 3 aromatic carbocycles. The summed E-state index contributed by atoms with van der Waals surface area (Å²) in [5, 5.41) is 3.79. The first kappa shape index (κ1) is 33.3. The zero-order valence-corrected chi connectivity index (χ0v) is 26.6. The molecule has 1 N–H and O–H groups in total. The topological polar surface area (TPSA) is 105 Å². The average molecular weight is 657 g/mol. The fraction of sp³-hybridized carbons (Fsp3) is 0.310. The van der Waals surface area contributed by atoms with Crippen molar-refractivity contribution in [2.24, 2.45) is 0 Å². The third kappa shape index (κ3) is 8.01. The van der Waals surface area contributed by atoms with Crippen molar-refractivity contribution in [3.05, 3.63) is 81.3 Å². The van der Waals surface area contributed by atoms with Crippen LogP contribution in [-0.4, -0.2) is 58.5 Å². The number of nitrogens with zero attached hydrogens (tertiary/aromatic N) is 2. The van der Waals surface area contributed by atoms with Crippen molar-refractivity contribution in [2.45, 2.75) is 37.8 Å². The number of amides is 2. The van der Waals surface area contributed by atoms with Gasteiger partial charge in [0.1, 0.15) is 12.6 Å². The first-order chi connectivity index (χ1) is 19.9. The second-order valence-electron chi connectivity index (χ2n) is 9.24. The van der Waals surface area contributed by atoms with Gasteiger partial charge in [-0.1, -0.05) is 47.8 Å². The van der Waals surface area contributed by atoms with Crippen molar-refractivity contribution in [1.29, 1.82) is 0 Å². The van der Waals surface area contributed by atoms with Crippen LogP contribution in [0, 0.1) is 0 Å². The number of benzene rings is 3. The van der Waals surface area contributed by atoms with E-state index in [0.717, 1.165) is 4.31 Å². The van der Waals surface area contributed by atoms with Gasteiger partial charge < -0.3 is 19.7 Å². The Morgan fingerprint density at radius 3 is 2.17 bits per heavy atom. The van der Waals surface area contributed by atoms with Crippen molar-refractivity contribution in [1.82, 2.24) is 10.2 Å². The zero-order chi connectivity index (χ0) is 31.0. The first-order valence-corrected chi connectivity index (χ1v) is 15.5. The second kappa shape index (κ2) is 14.8. The molecular formula is C29H32Cl3N3O6S. The van der Waals surface area contributed by atoms with Gasteiger partial charge in [-0.3, -0.25) is 13.9 Å². The summed E-state index contributed by atoms with van der Waals surface area (Å²) in [5.74, 6) is -0.473. The second-order valence-corrected chi connectivity index (χ2v) is 12.4. The maximum absolute atomic E-state index is 14.0. The molecule has 0 saturated carbocycles. The van der Waals surface area contributed by atoms with Crippen LogP contribution in [0.5, 0.6) is 11.5 Å². The number of rotatable bonds is 13. The van der Waals surface area contributed by atoms with Crippen molar-refractivity contribution in [3.8, 4) is 11.5 Å². The van der Waals surface area contributed by atoms with Crippen LogP contribution in [0.3, 0.4) is 0 Å². The van der Waals surface area contributed by atoms with E-state index in [4.69, 9.17) is 44.3 Å². The predicted octanol–water partition coefficient (Wildman–Crippen LogP) is 5.80. The lowest BCUT2D eigenvalue weighted by Gasteiger charge is -2.32. The van der Waals surface area contributed by atoms with E-state index in [1.807, 2.05) is 6.92 Å². The fourth-order valence-electron chi connectivity index (χ4n) is 4.05. The third-order valence-corrected chi connectivity index (χ3v) is 9.15. The summed E-state index contributed by atoms with van der Waals surface area (Å²) < 4.78 is 39.6. The number of ether oxygens (including phenoxy) is 2. The van der Waals surface area contributed by atoms with Gasteiger partial charge in [-0.05, 0) is 67.4 Å². The van der Waals surface area contributed by atoms with Gasteiger partial charge in [0.25, 0.3) is 10.0 Å². The number of anilines is 1. The maximum Gasteiger partial charge on any atom is 0.264 e. The molecule has 0 aliphatic carbocycles. The van der Waals surface area contributed by atoms with E-state index in [-0.39, 0.29) is 33.8 Å². The molecule has 9 nitrogen and oxygen atoms in total. The Bertz CT molecular complexity index is 1520. The van der Waals surface area contributed by atoms with Crippen LogP contribution >= 0.6 is 34.8 Å². The molecule has 3 aromatic rings. The van der Waals surface area contributed by atoms with Crippen molar-refractivity contribution < 1.29 is 27.5 Å². The van der Waals surface area contributed by atoms with Crippen molar-refractivity contribution in [2.75, 3.05) is 31.6 Å². The van der Waals surface area contributed by atoms with Gasteiger partial charge in [-0.15, -0.1) is 0 Å². The Morgan fingerprint density at radius 2 is 1.57 bits per heavy atom. The highest BCUT2D eigenvalue weighted by Crippen LogP contribution is 2.33. The lowest BCUT2D eigenvalue weighted by molar-refractivity contribution is -0.139. The normalized spacial score (nSPS) is 11.9. The molecule has 2 amide bonds. The number of nitrogens with one attached hydrogen (secondary N) is 1. The summed E-state index contributed by atoms with van der Waals surface area (Å²) in [6.45, 7) is 3.26. The number of carbonyl (C=O) groups excluding carboxylic acids is 2. The molecule has 0 aromatic heterocycles. The number of halogens is 3. The molecule has 0 radical (unpaired) electrons. The molecule has 0 bridgehead atoms. The van der Waals surface area contributed by atoms with Crippen LogP contribution in [0.25, 0.3) is 0 Å². The number of carbonyl (C=O) groups is 2. The van der Waals surface area contributed by atoms with Gasteiger partial charge >= 0.3 is 0 Å². The molecular weight excluding hydrogens is 625 g/mol. The molecule has 0 saturated heterocycles. The van der Waals surface area contributed by atoms with Gasteiger partial charge in [0, 0.05) is 24.2 Å².